The number of hydrogen-bond acceptors (Lipinski definition) is 5. The van der Waals surface area contributed by atoms with E-state index in [1.165, 1.54) is 11.8 Å². The van der Waals surface area contributed by atoms with Gasteiger partial charge in [0.25, 0.3) is 5.91 Å². The van der Waals surface area contributed by atoms with Crippen molar-refractivity contribution in [2.45, 2.75) is 6.17 Å². The molecule has 0 radical (unpaired) electrons. The van der Waals surface area contributed by atoms with E-state index in [1.54, 1.807) is 5.01 Å². The fraction of sp³-hybridized carbons (Fsp3) is 0.118. The van der Waals surface area contributed by atoms with Crippen molar-refractivity contribution in [3.05, 3.63) is 69.7 Å². The van der Waals surface area contributed by atoms with Gasteiger partial charge >= 0.3 is 0 Å². The zero-order chi connectivity index (χ0) is 16.7. The average molecular weight is 357 g/mol. The molecule has 0 spiro atoms. The third-order valence-electron chi connectivity index (χ3n) is 3.89. The summed E-state index contributed by atoms with van der Waals surface area (Å²) in [4.78, 5) is 17.5. The second-order valence-electron chi connectivity index (χ2n) is 5.30. The van der Waals surface area contributed by atoms with Crippen molar-refractivity contribution in [2.24, 2.45) is 10.1 Å². The SMILES string of the molecule is CSC1=NN2C(=c3ccccc3=NC2c2ccccc2Cl)C(=O)N1. The highest BCUT2D eigenvalue weighted by Crippen LogP contribution is 2.33. The number of carbonyl (C=O) groups excluding carboxylic acids is 1. The first kappa shape index (κ1) is 15.2. The molecule has 0 saturated carbocycles. The zero-order valence-electron chi connectivity index (χ0n) is 12.7. The number of hydrazone groups is 1. The second kappa shape index (κ2) is 5.96. The molecule has 2 aromatic rings. The minimum Gasteiger partial charge on any atom is -0.298 e. The molecular weight excluding hydrogens is 344 g/mol. The number of benzene rings is 2. The number of thioether (sulfide) groups is 1. The summed E-state index contributed by atoms with van der Waals surface area (Å²) in [6.07, 6.45) is 1.39. The molecule has 1 N–H and O–H groups in total. The normalized spacial score (nSPS) is 19.0. The zero-order valence-corrected chi connectivity index (χ0v) is 14.3. The fourth-order valence-corrected chi connectivity index (χ4v) is 3.40. The Labute approximate surface area is 147 Å². The summed E-state index contributed by atoms with van der Waals surface area (Å²) < 4.78 is 0. The fourth-order valence-electron chi connectivity index (χ4n) is 2.81. The first-order valence-corrected chi connectivity index (χ1v) is 8.94. The lowest BCUT2D eigenvalue weighted by molar-refractivity contribution is -0.116. The van der Waals surface area contributed by atoms with Crippen molar-refractivity contribution in [1.82, 2.24) is 10.3 Å². The van der Waals surface area contributed by atoms with E-state index in [1.807, 2.05) is 54.8 Å². The third kappa shape index (κ3) is 2.39. The molecule has 0 aromatic heterocycles. The number of halogens is 1. The number of carbonyl (C=O) groups is 1. The predicted octanol–water partition coefficient (Wildman–Crippen LogP) is 1.85. The third-order valence-corrected chi connectivity index (χ3v) is 4.81. The van der Waals surface area contributed by atoms with Crippen LogP contribution in [0.25, 0.3) is 5.70 Å². The maximum Gasteiger partial charge on any atom is 0.276 e. The first-order valence-electron chi connectivity index (χ1n) is 7.34. The molecule has 7 heteroatoms. The summed E-state index contributed by atoms with van der Waals surface area (Å²) in [6, 6.07) is 15.1. The number of nitrogens with zero attached hydrogens (tertiary/aromatic N) is 3. The van der Waals surface area contributed by atoms with E-state index in [4.69, 9.17) is 16.6 Å². The first-order chi connectivity index (χ1) is 11.7. The molecule has 0 saturated heterocycles. The molecule has 0 aliphatic carbocycles. The van der Waals surface area contributed by atoms with E-state index in [0.717, 1.165) is 16.1 Å². The number of para-hydroxylation sites is 1. The molecule has 120 valence electrons. The van der Waals surface area contributed by atoms with Gasteiger partial charge in [-0.1, -0.05) is 59.8 Å². The van der Waals surface area contributed by atoms with Crippen molar-refractivity contribution in [3.63, 3.8) is 0 Å². The van der Waals surface area contributed by atoms with Crippen molar-refractivity contribution < 1.29 is 4.79 Å². The van der Waals surface area contributed by atoms with Crippen molar-refractivity contribution in [1.29, 1.82) is 0 Å². The van der Waals surface area contributed by atoms with Crippen LogP contribution in [0.3, 0.4) is 0 Å². The Kier molecular flexibility index (Phi) is 3.78. The van der Waals surface area contributed by atoms with E-state index in [2.05, 4.69) is 10.4 Å². The van der Waals surface area contributed by atoms with Crippen LogP contribution < -0.4 is 15.9 Å². The molecule has 2 aromatic carbocycles. The van der Waals surface area contributed by atoms with Crippen LogP contribution in [-0.2, 0) is 4.79 Å². The number of amides is 1. The molecule has 0 bridgehead atoms. The van der Waals surface area contributed by atoms with Crippen LogP contribution in [0.4, 0.5) is 0 Å². The van der Waals surface area contributed by atoms with Gasteiger partial charge in [0.1, 0.15) is 5.70 Å². The van der Waals surface area contributed by atoms with Crippen LogP contribution in [0.5, 0.6) is 0 Å². The monoisotopic (exact) mass is 356 g/mol. The van der Waals surface area contributed by atoms with Crippen LogP contribution >= 0.6 is 23.4 Å². The van der Waals surface area contributed by atoms with Gasteiger partial charge < -0.3 is 0 Å². The summed E-state index contributed by atoms with van der Waals surface area (Å²) in [7, 11) is 0. The molecule has 2 heterocycles. The molecule has 2 aliphatic heterocycles. The predicted molar refractivity (Wildman–Crippen MR) is 95.8 cm³/mol. The Morgan fingerprint density at radius 2 is 1.92 bits per heavy atom. The molecular formula is C17H13ClN4OS. The lowest BCUT2D eigenvalue weighted by Gasteiger charge is -2.34. The van der Waals surface area contributed by atoms with Crippen LogP contribution in [-0.4, -0.2) is 22.3 Å². The molecule has 1 amide bonds. The molecule has 1 atom stereocenters. The summed E-state index contributed by atoms with van der Waals surface area (Å²) in [5.74, 6) is -0.186. The summed E-state index contributed by atoms with van der Waals surface area (Å²) in [5.41, 5.74) is 1.30. The second-order valence-corrected chi connectivity index (χ2v) is 6.50. The Balaban J connectivity index is 2.02. The highest BCUT2D eigenvalue weighted by atomic mass is 35.5. The van der Waals surface area contributed by atoms with Gasteiger partial charge in [0, 0.05) is 15.8 Å². The van der Waals surface area contributed by atoms with Crippen LogP contribution in [0.2, 0.25) is 5.02 Å². The van der Waals surface area contributed by atoms with Crippen LogP contribution in [0.1, 0.15) is 11.7 Å². The molecule has 1 unspecified atom stereocenters. The lowest BCUT2D eigenvalue weighted by Crippen LogP contribution is -2.50. The minimum absolute atomic E-state index is 0.186. The quantitative estimate of drug-likeness (QED) is 0.848. The Hall–Kier alpha value is -2.31. The smallest absolute Gasteiger partial charge is 0.276 e. The minimum atomic E-state index is -0.475. The van der Waals surface area contributed by atoms with Crippen LogP contribution in [0.15, 0.2) is 58.6 Å². The van der Waals surface area contributed by atoms with Gasteiger partial charge in [-0.15, -0.1) is 5.10 Å². The van der Waals surface area contributed by atoms with Gasteiger partial charge in [-0.25, -0.2) is 5.01 Å². The van der Waals surface area contributed by atoms with Gasteiger partial charge in [-0.2, -0.15) is 0 Å². The number of rotatable bonds is 1. The Morgan fingerprint density at radius 3 is 2.71 bits per heavy atom. The molecule has 4 rings (SSSR count). The maximum atomic E-state index is 12.7. The molecule has 0 fully saturated rings. The maximum absolute atomic E-state index is 12.7. The standard InChI is InChI=1S/C17H13ClN4OS/c1-24-17-20-16(23)14-11-7-3-5-9-13(11)19-15(22(14)21-17)10-6-2-4-8-12(10)18/h2-9,15H,1H3,(H,20,21,23). The Morgan fingerprint density at radius 1 is 1.17 bits per heavy atom. The topological polar surface area (TPSA) is 57.1 Å². The number of hydrogen-bond donors (Lipinski definition) is 1. The van der Waals surface area contributed by atoms with E-state index >= 15 is 0 Å². The highest BCUT2D eigenvalue weighted by Gasteiger charge is 2.34. The van der Waals surface area contributed by atoms with E-state index in [0.29, 0.717) is 15.9 Å². The summed E-state index contributed by atoms with van der Waals surface area (Å²) >= 11 is 7.75. The largest absolute Gasteiger partial charge is 0.298 e. The average Bonchev–Trinajstić information content (AvgIpc) is 2.61. The van der Waals surface area contributed by atoms with Crippen LogP contribution in [0, 0.1) is 0 Å². The number of fused-ring (bicyclic) bond motifs is 2. The molecule has 24 heavy (non-hydrogen) atoms. The van der Waals surface area contributed by atoms with Gasteiger partial charge in [0.05, 0.1) is 5.36 Å². The van der Waals surface area contributed by atoms with Crippen molar-refractivity contribution >= 4 is 40.1 Å². The molecule has 5 nitrogen and oxygen atoms in total. The van der Waals surface area contributed by atoms with Gasteiger partial charge in [0.2, 0.25) is 0 Å². The van der Waals surface area contributed by atoms with Gasteiger partial charge in [0.15, 0.2) is 11.3 Å². The lowest BCUT2D eigenvalue weighted by atomic mass is 10.1. The van der Waals surface area contributed by atoms with E-state index in [9.17, 15) is 4.79 Å². The van der Waals surface area contributed by atoms with E-state index < -0.39 is 6.17 Å². The summed E-state index contributed by atoms with van der Waals surface area (Å²) in [6.45, 7) is 0. The highest BCUT2D eigenvalue weighted by molar-refractivity contribution is 8.13. The van der Waals surface area contributed by atoms with Gasteiger partial charge in [-0.05, 0) is 18.4 Å². The number of amidine groups is 1. The number of nitrogens with one attached hydrogen (secondary N) is 1. The molecule has 2 aliphatic rings. The Bertz CT molecular complexity index is 988. The summed E-state index contributed by atoms with van der Waals surface area (Å²) in [5, 5.41) is 11.7. The van der Waals surface area contributed by atoms with Gasteiger partial charge in [-0.3, -0.25) is 15.1 Å². The van der Waals surface area contributed by atoms with Crippen molar-refractivity contribution in [3.8, 4) is 0 Å². The van der Waals surface area contributed by atoms with Crippen molar-refractivity contribution in [2.75, 3.05) is 6.26 Å². The van der Waals surface area contributed by atoms with E-state index in [-0.39, 0.29) is 5.91 Å².